The monoisotopic (exact) mass is 444 g/mol. The van der Waals surface area contributed by atoms with Crippen LogP contribution in [0.4, 0.5) is 5.69 Å². The van der Waals surface area contributed by atoms with Gasteiger partial charge in [0, 0.05) is 29.5 Å². The Labute approximate surface area is 190 Å². The van der Waals surface area contributed by atoms with E-state index in [9.17, 15) is 0 Å². The second-order valence-corrected chi connectivity index (χ2v) is 8.27. The predicted octanol–water partition coefficient (Wildman–Crippen LogP) is 4.77. The molecule has 6 nitrogen and oxygen atoms in total. The van der Waals surface area contributed by atoms with Gasteiger partial charge in [0.05, 0.1) is 26.0 Å². The number of furan rings is 1. The summed E-state index contributed by atoms with van der Waals surface area (Å²) in [6, 6.07) is 18.5. The number of morpholine rings is 1. The Kier molecular flexibility index (Phi) is 6.00. The fourth-order valence-electron chi connectivity index (χ4n) is 3.66. The van der Waals surface area contributed by atoms with Crippen LogP contribution in [0.2, 0.25) is 0 Å². The van der Waals surface area contributed by atoms with Crippen LogP contribution in [0.1, 0.15) is 5.56 Å². The van der Waals surface area contributed by atoms with Crippen molar-refractivity contribution in [1.82, 2.24) is 4.68 Å². The van der Waals surface area contributed by atoms with Crippen molar-refractivity contribution in [3.05, 3.63) is 83.0 Å². The maximum absolute atomic E-state index is 6.08. The molecule has 0 bridgehead atoms. The number of ether oxygens (including phenoxy) is 1. The standard InChI is InChI=1S/C25H24N4O2S/c1-2-11-26-25-29(22(18-32-25)24-16-20-5-3-4-6-23(20)31-24)27-17-19-7-9-21(10-8-19)28-12-14-30-15-13-28/h2-10,16-18H,1,11-15H2. The molecular weight excluding hydrogens is 420 g/mol. The van der Waals surface area contributed by atoms with Gasteiger partial charge in [-0.25, -0.2) is 4.68 Å². The normalized spacial score (nSPS) is 15.1. The third-order valence-corrected chi connectivity index (χ3v) is 6.16. The molecule has 32 heavy (non-hydrogen) atoms. The molecule has 2 aromatic carbocycles. The third kappa shape index (κ3) is 4.30. The fourth-order valence-corrected chi connectivity index (χ4v) is 4.49. The molecule has 0 spiro atoms. The third-order valence-electron chi connectivity index (χ3n) is 5.31. The van der Waals surface area contributed by atoms with Crippen LogP contribution in [0, 0.1) is 0 Å². The molecule has 1 fully saturated rings. The molecule has 1 aliphatic heterocycles. The van der Waals surface area contributed by atoms with Crippen LogP contribution < -0.4 is 9.70 Å². The maximum atomic E-state index is 6.08. The molecule has 0 amide bonds. The minimum absolute atomic E-state index is 0.532. The van der Waals surface area contributed by atoms with Crippen LogP contribution >= 0.6 is 11.3 Å². The minimum atomic E-state index is 0.532. The first-order chi connectivity index (χ1) is 15.8. The Bertz CT molecular complexity index is 1270. The first kappa shape index (κ1) is 20.5. The quantitative estimate of drug-likeness (QED) is 0.318. The van der Waals surface area contributed by atoms with Crippen molar-refractivity contribution in [1.29, 1.82) is 0 Å². The lowest BCUT2D eigenvalue weighted by molar-refractivity contribution is 0.122. The molecule has 3 heterocycles. The van der Waals surface area contributed by atoms with Crippen LogP contribution in [-0.4, -0.2) is 43.7 Å². The number of nitrogens with zero attached hydrogens (tertiary/aromatic N) is 4. The van der Waals surface area contributed by atoms with Gasteiger partial charge in [0.1, 0.15) is 11.3 Å². The summed E-state index contributed by atoms with van der Waals surface area (Å²) in [7, 11) is 0. The Balaban J connectivity index is 1.47. The Morgan fingerprint density at radius 1 is 1.06 bits per heavy atom. The van der Waals surface area contributed by atoms with E-state index in [0.717, 1.165) is 59.1 Å². The second-order valence-electron chi connectivity index (χ2n) is 7.43. The molecule has 0 aliphatic carbocycles. The summed E-state index contributed by atoms with van der Waals surface area (Å²) in [6.07, 6.45) is 3.63. The van der Waals surface area contributed by atoms with E-state index in [1.165, 1.54) is 17.0 Å². The van der Waals surface area contributed by atoms with E-state index < -0.39 is 0 Å². The van der Waals surface area contributed by atoms with Crippen molar-refractivity contribution in [2.24, 2.45) is 10.1 Å². The van der Waals surface area contributed by atoms with Gasteiger partial charge >= 0.3 is 0 Å². The fraction of sp³-hybridized carbons (Fsp3) is 0.200. The number of thiazole rings is 1. The summed E-state index contributed by atoms with van der Waals surface area (Å²) in [4.78, 5) is 7.73. The molecule has 4 aromatic rings. The highest BCUT2D eigenvalue weighted by molar-refractivity contribution is 7.07. The molecule has 1 saturated heterocycles. The van der Waals surface area contributed by atoms with E-state index in [1.807, 2.05) is 46.6 Å². The van der Waals surface area contributed by atoms with E-state index >= 15 is 0 Å². The summed E-state index contributed by atoms with van der Waals surface area (Å²) in [5.74, 6) is 0.766. The highest BCUT2D eigenvalue weighted by Crippen LogP contribution is 2.28. The largest absolute Gasteiger partial charge is 0.454 e. The van der Waals surface area contributed by atoms with Crippen molar-refractivity contribution in [3.8, 4) is 11.5 Å². The van der Waals surface area contributed by atoms with Gasteiger partial charge in [-0.05, 0) is 29.8 Å². The second kappa shape index (κ2) is 9.38. The summed E-state index contributed by atoms with van der Waals surface area (Å²) in [6.45, 7) is 7.71. The van der Waals surface area contributed by atoms with Gasteiger partial charge in [-0.3, -0.25) is 4.99 Å². The van der Waals surface area contributed by atoms with Gasteiger partial charge in [0.2, 0.25) is 4.80 Å². The first-order valence-corrected chi connectivity index (χ1v) is 11.5. The highest BCUT2D eigenvalue weighted by Gasteiger charge is 2.13. The van der Waals surface area contributed by atoms with Gasteiger partial charge in [0.25, 0.3) is 0 Å². The lowest BCUT2D eigenvalue weighted by Gasteiger charge is -2.28. The maximum Gasteiger partial charge on any atom is 0.206 e. The molecular formula is C25H24N4O2S. The highest BCUT2D eigenvalue weighted by atomic mass is 32.1. The predicted molar refractivity (Wildman–Crippen MR) is 131 cm³/mol. The SMILES string of the molecule is C=CCN=c1scc(-c2cc3ccccc3o2)n1N=Cc1ccc(N2CCOCC2)cc1. The smallest absolute Gasteiger partial charge is 0.206 e. The van der Waals surface area contributed by atoms with Gasteiger partial charge in [0.15, 0.2) is 5.76 Å². The van der Waals surface area contributed by atoms with E-state index in [0.29, 0.717) is 6.54 Å². The zero-order valence-electron chi connectivity index (χ0n) is 17.7. The Morgan fingerprint density at radius 3 is 2.66 bits per heavy atom. The van der Waals surface area contributed by atoms with E-state index in [4.69, 9.17) is 14.3 Å². The van der Waals surface area contributed by atoms with E-state index in [1.54, 1.807) is 6.08 Å². The molecule has 2 aromatic heterocycles. The van der Waals surface area contributed by atoms with Crippen LogP contribution in [0.15, 0.2) is 87.1 Å². The number of anilines is 1. The summed E-state index contributed by atoms with van der Waals surface area (Å²) >= 11 is 1.53. The van der Waals surface area contributed by atoms with Gasteiger partial charge in [-0.15, -0.1) is 17.9 Å². The zero-order chi connectivity index (χ0) is 21.8. The first-order valence-electron chi connectivity index (χ1n) is 10.6. The van der Waals surface area contributed by atoms with Crippen molar-refractivity contribution < 1.29 is 9.15 Å². The van der Waals surface area contributed by atoms with Crippen LogP contribution in [-0.2, 0) is 4.74 Å². The van der Waals surface area contributed by atoms with Crippen molar-refractivity contribution >= 4 is 34.2 Å². The number of para-hydroxylation sites is 1. The van der Waals surface area contributed by atoms with Crippen molar-refractivity contribution in [3.63, 3.8) is 0 Å². The topological polar surface area (TPSA) is 55.3 Å². The molecule has 0 N–H and O–H groups in total. The molecule has 7 heteroatoms. The Hall–Kier alpha value is -3.42. The lowest BCUT2D eigenvalue weighted by Crippen LogP contribution is -2.36. The lowest BCUT2D eigenvalue weighted by atomic mass is 10.2. The molecule has 1 aliphatic rings. The summed E-state index contributed by atoms with van der Waals surface area (Å²) in [5, 5.41) is 7.85. The van der Waals surface area contributed by atoms with E-state index in [2.05, 4.69) is 40.7 Å². The van der Waals surface area contributed by atoms with Crippen molar-refractivity contribution in [2.75, 3.05) is 37.7 Å². The minimum Gasteiger partial charge on any atom is -0.454 e. The van der Waals surface area contributed by atoms with Gasteiger partial charge < -0.3 is 14.1 Å². The van der Waals surface area contributed by atoms with E-state index in [-0.39, 0.29) is 0 Å². The van der Waals surface area contributed by atoms with Crippen LogP contribution in [0.25, 0.3) is 22.4 Å². The molecule has 5 rings (SSSR count). The number of rotatable bonds is 6. The number of benzene rings is 2. The average Bonchev–Trinajstić information content (AvgIpc) is 3.46. The molecule has 0 radical (unpaired) electrons. The molecule has 0 unspecified atom stereocenters. The molecule has 162 valence electrons. The summed E-state index contributed by atoms with van der Waals surface area (Å²) < 4.78 is 13.4. The van der Waals surface area contributed by atoms with Crippen LogP contribution in [0.5, 0.6) is 0 Å². The number of fused-ring (bicyclic) bond motifs is 1. The zero-order valence-corrected chi connectivity index (χ0v) is 18.5. The average molecular weight is 445 g/mol. The number of hydrogen-bond acceptors (Lipinski definition) is 6. The number of aromatic nitrogens is 1. The van der Waals surface area contributed by atoms with Crippen molar-refractivity contribution in [2.45, 2.75) is 0 Å². The Morgan fingerprint density at radius 2 is 1.88 bits per heavy atom. The molecule has 0 atom stereocenters. The van der Waals surface area contributed by atoms with Gasteiger partial charge in [-0.1, -0.05) is 36.4 Å². The number of hydrogen-bond donors (Lipinski definition) is 0. The summed E-state index contributed by atoms with van der Waals surface area (Å²) in [5.41, 5.74) is 3.95. The van der Waals surface area contributed by atoms with Gasteiger partial charge in [-0.2, -0.15) is 5.10 Å². The molecule has 0 saturated carbocycles. The van der Waals surface area contributed by atoms with Crippen LogP contribution in [0.3, 0.4) is 0 Å².